The number of hydrogen-bond donors (Lipinski definition) is 1. The normalized spacial score (nSPS) is 15.2. The van der Waals surface area contributed by atoms with Gasteiger partial charge in [-0.05, 0) is 44.9 Å². The van der Waals surface area contributed by atoms with Crippen LogP contribution in [-0.2, 0) is 4.79 Å². The van der Waals surface area contributed by atoms with Gasteiger partial charge in [-0.2, -0.15) is 5.10 Å². The zero-order valence-electron chi connectivity index (χ0n) is 16.9. The number of nitrogens with one attached hydrogen (secondary N) is 1. The summed E-state index contributed by atoms with van der Waals surface area (Å²) in [5.74, 6) is 0.525. The van der Waals surface area contributed by atoms with Crippen LogP contribution in [0.25, 0.3) is 22.5 Å². The van der Waals surface area contributed by atoms with E-state index in [1.165, 1.54) is 0 Å². The van der Waals surface area contributed by atoms with Gasteiger partial charge >= 0.3 is 0 Å². The highest BCUT2D eigenvalue weighted by Gasteiger charge is 2.25. The zero-order chi connectivity index (χ0) is 20.5. The molecule has 0 unspecified atom stereocenters. The van der Waals surface area contributed by atoms with Crippen LogP contribution < -0.4 is 5.32 Å². The lowest BCUT2D eigenvalue weighted by molar-refractivity contribution is -0.129. The van der Waals surface area contributed by atoms with Gasteiger partial charge in [0.1, 0.15) is 5.69 Å². The molecule has 8 heteroatoms. The highest BCUT2D eigenvalue weighted by Crippen LogP contribution is 2.27. The Morgan fingerprint density at radius 2 is 2.03 bits per heavy atom. The number of fused-ring (bicyclic) bond motifs is 1. The number of carbonyl (C=O) groups excluding carboxylic acids is 2. The highest BCUT2D eigenvalue weighted by atomic mass is 16.3. The summed E-state index contributed by atoms with van der Waals surface area (Å²) in [6, 6.07) is 5.52. The van der Waals surface area contributed by atoms with Crippen LogP contribution in [0.2, 0.25) is 0 Å². The first-order valence-corrected chi connectivity index (χ1v) is 9.92. The van der Waals surface area contributed by atoms with E-state index in [2.05, 4.69) is 10.4 Å². The first kappa shape index (κ1) is 19.2. The number of hydrogen-bond acceptors (Lipinski definition) is 5. The van der Waals surface area contributed by atoms with Crippen LogP contribution >= 0.6 is 0 Å². The molecule has 0 aliphatic carbocycles. The second-order valence-corrected chi connectivity index (χ2v) is 7.71. The molecular weight excluding hydrogens is 370 g/mol. The number of carbonyl (C=O) groups is 2. The van der Waals surface area contributed by atoms with Gasteiger partial charge in [-0.1, -0.05) is 0 Å². The summed E-state index contributed by atoms with van der Waals surface area (Å²) in [7, 11) is 0. The second-order valence-electron chi connectivity index (χ2n) is 7.71. The molecule has 0 atom stereocenters. The molecular formula is C21H25N5O3. The molecule has 1 saturated heterocycles. The molecule has 29 heavy (non-hydrogen) atoms. The smallest absolute Gasteiger partial charge is 0.252 e. The Labute approximate surface area is 168 Å². The van der Waals surface area contributed by atoms with E-state index < -0.39 is 0 Å². The van der Waals surface area contributed by atoms with Gasteiger partial charge in [0.15, 0.2) is 11.4 Å². The van der Waals surface area contributed by atoms with E-state index >= 15 is 0 Å². The zero-order valence-corrected chi connectivity index (χ0v) is 16.9. The Balaban J connectivity index is 1.65. The van der Waals surface area contributed by atoms with Crippen molar-refractivity contribution in [1.82, 2.24) is 25.0 Å². The maximum absolute atomic E-state index is 13.2. The topological polar surface area (TPSA) is 93.3 Å². The van der Waals surface area contributed by atoms with E-state index in [0.717, 1.165) is 12.8 Å². The molecule has 0 aromatic carbocycles. The number of piperidine rings is 1. The fourth-order valence-corrected chi connectivity index (χ4v) is 3.74. The molecule has 4 heterocycles. The van der Waals surface area contributed by atoms with Crippen LogP contribution in [0.4, 0.5) is 0 Å². The first-order chi connectivity index (χ1) is 13.9. The van der Waals surface area contributed by atoms with Crippen LogP contribution in [0, 0.1) is 0 Å². The summed E-state index contributed by atoms with van der Waals surface area (Å²) in [5, 5.41) is 8.28. The number of amides is 2. The Kier molecular flexibility index (Phi) is 5.08. The number of aromatic nitrogens is 3. The summed E-state index contributed by atoms with van der Waals surface area (Å²) in [6.45, 7) is 6.95. The van der Waals surface area contributed by atoms with E-state index in [4.69, 9.17) is 9.40 Å². The van der Waals surface area contributed by atoms with E-state index in [9.17, 15) is 9.59 Å². The highest BCUT2D eigenvalue weighted by molar-refractivity contribution is 6.06. The fraction of sp³-hybridized carbons (Fsp3) is 0.429. The summed E-state index contributed by atoms with van der Waals surface area (Å²) in [5.41, 5.74) is 1.79. The van der Waals surface area contributed by atoms with Gasteiger partial charge < -0.3 is 14.6 Å². The van der Waals surface area contributed by atoms with E-state index in [1.54, 1.807) is 31.5 Å². The molecule has 8 nitrogen and oxygen atoms in total. The predicted molar refractivity (Wildman–Crippen MR) is 108 cm³/mol. The third-order valence-corrected chi connectivity index (χ3v) is 5.35. The van der Waals surface area contributed by atoms with Crippen LogP contribution in [0.3, 0.4) is 0 Å². The van der Waals surface area contributed by atoms with E-state index in [1.807, 2.05) is 29.5 Å². The third kappa shape index (κ3) is 3.74. The minimum absolute atomic E-state index is 0.0357. The Hall–Kier alpha value is -3.16. The molecule has 152 valence electrons. The summed E-state index contributed by atoms with van der Waals surface area (Å²) in [4.78, 5) is 31.2. The maximum atomic E-state index is 13.2. The van der Waals surface area contributed by atoms with E-state index in [-0.39, 0.29) is 23.9 Å². The number of rotatable bonds is 4. The number of furan rings is 1. The van der Waals surface area contributed by atoms with Crippen molar-refractivity contribution in [3.63, 3.8) is 0 Å². The summed E-state index contributed by atoms with van der Waals surface area (Å²) < 4.78 is 7.31. The van der Waals surface area contributed by atoms with Crippen molar-refractivity contribution in [2.24, 2.45) is 0 Å². The Morgan fingerprint density at radius 3 is 2.66 bits per heavy atom. The third-order valence-electron chi connectivity index (χ3n) is 5.35. The molecule has 1 aliphatic rings. The van der Waals surface area contributed by atoms with Crippen LogP contribution in [0.15, 0.2) is 35.1 Å². The number of likely N-dealkylation sites (tertiary alicyclic amines) is 1. The van der Waals surface area contributed by atoms with Crippen molar-refractivity contribution in [1.29, 1.82) is 0 Å². The lowest BCUT2D eigenvalue weighted by Gasteiger charge is -2.31. The van der Waals surface area contributed by atoms with Crippen LogP contribution in [-0.4, -0.2) is 50.6 Å². The molecule has 3 aromatic heterocycles. The van der Waals surface area contributed by atoms with Crippen LogP contribution in [0.5, 0.6) is 0 Å². The molecule has 2 amide bonds. The number of nitrogens with zero attached hydrogens (tertiary/aromatic N) is 4. The number of pyridine rings is 1. The van der Waals surface area contributed by atoms with Gasteiger partial charge in [0.25, 0.3) is 5.91 Å². The van der Waals surface area contributed by atoms with Gasteiger partial charge in [-0.15, -0.1) is 0 Å². The van der Waals surface area contributed by atoms with Crippen molar-refractivity contribution in [2.75, 3.05) is 13.1 Å². The molecule has 0 radical (unpaired) electrons. The molecule has 1 N–H and O–H groups in total. The van der Waals surface area contributed by atoms with Gasteiger partial charge in [-0.25, -0.2) is 9.67 Å². The SMILES string of the molecule is CC(=O)N1CCC(NC(=O)c2cc(-c3ccco3)nc3c2cnn3C(C)C)CC1. The Morgan fingerprint density at radius 1 is 1.28 bits per heavy atom. The minimum Gasteiger partial charge on any atom is -0.463 e. The molecule has 0 bridgehead atoms. The van der Waals surface area contributed by atoms with Gasteiger partial charge in [0, 0.05) is 32.1 Å². The standard InChI is InChI=1S/C21H25N5O3/c1-13(2)26-20-17(12-22-26)16(11-18(24-20)19-5-4-10-29-19)21(28)23-15-6-8-25(9-7-15)14(3)27/h4-5,10-13,15H,6-9H2,1-3H3,(H,23,28). The largest absolute Gasteiger partial charge is 0.463 e. The molecule has 0 saturated carbocycles. The van der Waals surface area contributed by atoms with E-state index in [0.29, 0.717) is 41.1 Å². The van der Waals surface area contributed by atoms with Crippen molar-refractivity contribution < 1.29 is 14.0 Å². The summed E-state index contributed by atoms with van der Waals surface area (Å²) >= 11 is 0. The fourth-order valence-electron chi connectivity index (χ4n) is 3.74. The maximum Gasteiger partial charge on any atom is 0.252 e. The van der Waals surface area contributed by atoms with Crippen molar-refractivity contribution in [3.05, 3.63) is 36.2 Å². The lowest BCUT2D eigenvalue weighted by atomic mass is 10.0. The predicted octanol–water partition coefficient (Wildman–Crippen LogP) is 3.01. The average Bonchev–Trinajstić information content (AvgIpc) is 3.37. The monoisotopic (exact) mass is 395 g/mol. The van der Waals surface area contributed by atoms with Crippen LogP contribution in [0.1, 0.15) is 50.0 Å². The second kappa shape index (κ2) is 7.69. The molecule has 0 spiro atoms. The average molecular weight is 395 g/mol. The Bertz CT molecular complexity index is 1030. The molecule has 4 rings (SSSR count). The quantitative estimate of drug-likeness (QED) is 0.733. The molecule has 1 fully saturated rings. The first-order valence-electron chi connectivity index (χ1n) is 9.92. The van der Waals surface area contributed by atoms with Crippen molar-refractivity contribution in [3.8, 4) is 11.5 Å². The summed E-state index contributed by atoms with van der Waals surface area (Å²) in [6.07, 6.45) is 4.77. The minimum atomic E-state index is -0.158. The van der Waals surface area contributed by atoms with Gasteiger partial charge in [0.05, 0.1) is 23.4 Å². The molecule has 1 aliphatic heterocycles. The molecule has 3 aromatic rings. The van der Waals surface area contributed by atoms with Crippen molar-refractivity contribution >= 4 is 22.8 Å². The van der Waals surface area contributed by atoms with Crippen molar-refractivity contribution in [2.45, 2.75) is 45.7 Å². The van der Waals surface area contributed by atoms with Gasteiger partial charge in [-0.3, -0.25) is 9.59 Å². The van der Waals surface area contributed by atoms with Gasteiger partial charge in [0.2, 0.25) is 5.91 Å². The lowest BCUT2D eigenvalue weighted by Crippen LogP contribution is -2.46.